The molecule has 0 aliphatic carbocycles. The zero-order valence-corrected chi connectivity index (χ0v) is 38.1. The molecule has 1 aromatic carbocycles. The van der Waals surface area contributed by atoms with Crippen molar-refractivity contribution in [2.45, 2.75) is 153 Å². The maximum absolute atomic E-state index is 6.81. The molecule has 0 saturated carbocycles. The zero-order chi connectivity index (χ0) is 34.4. The molecule has 1 aromatic heterocycles. The summed E-state index contributed by atoms with van der Waals surface area (Å²) in [7, 11) is 11.8. The summed E-state index contributed by atoms with van der Waals surface area (Å²) >= 11 is 1.77. The first-order valence-corrected chi connectivity index (χ1v) is 31.2. The Morgan fingerprint density at radius 1 is 0.604 bits per heavy atom. The smallest absolute Gasteiger partial charge is 0.373 e. The molecule has 1 heterocycles. The van der Waals surface area contributed by atoms with Crippen molar-refractivity contribution in [1.82, 2.24) is 4.98 Å². The van der Waals surface area contributed by atoms with Crippen LogP contribution in [0.25, 0.3) is 10.2 Å². The van der Waals surface area contributed by atoms with E-state index in [1.807, 2.05) is 59.9 Å². The van der Waals surface area contributed by atoms with E-state index in [0.29, 0.717) is 0 Å². The highest BCUT2D eigenvalue weighted by Gasteiger charge is 2.47. The van der Waals surface area contributed by atoms with E-state index in [1.165, 1.54) is 101 Å². The lowest BCUT2D eigenvalue weighted by molar-refractivity contribution is 0.0490. The Bertz CT molecular complexity index is 931. The van der Waals surface area contributed by atoms with Crippen molar-refractivity contribution in [3.05, 3.63) is 24.3 Å². The van der Waals surface area contributed by atoms with Crippen LogP contribution in [-0.4, -0.2) is 39.4 Å². The van der Waals surface area contributed by atoms with Crippen LogP contribution < -0.4 is 0 Å². The van der Waals surface area contributed by atoms with E-state index in [0.717, 1.165) is 54.7 Å². The second kappa shape index (κ2) is 32.4. The maximum atomic E-state index is 6.81. The van der Waals surface area contributed by atoms with Gasteiger partial charge in [0.1, 0.15) is 0 Å². The van der Waals surface area contributed by atoms with Crippen LogP contribution >= 0.6 is 91.9 Å². The Morgan fingerprint density at radius 2 is 1.06 bits per heavy atom. The third-order valence-electron chi connectivity index (χ3n) is 7.89. The average molecular weight is 849 g/mol. The third kappa shape index (κ3) is 22.3. The number of nitrogens with zero attached hydrogens (tertiary/aromatic N) is 1. The number of fused-ring (bicyclic) bond motifs is 1. The number of thiazole rings is 1. The summed E-state index contributed by atoms with van der Waals surface area (Å²) in [6, 6.07) is 8.36. The molecular formula is C34H61NO3S9Si. The molecule has 0 amide bonds. The minimum absolute atomic E-state index is 0.267. The molecule has 0 saturated heterocycles. The minimum Gasteiger partial charge on any atom is -0.373 e. The summed E-state index contributed by atoms with van der Waals surface area (Å²) < 4.78 is 22.8. The first-order chi connectivity index (χ1) is 23.6. The van der Waals surface area contributed by atoms with Crippen molar-refractivity contribution >= 4 is 111 Å². The Kier molecular flexibility index (Phi) is 31.2. The Hall–Kier alpha value is 2.01. The highest BCUT2D eigenvalue weighted by atomic mass is 34.0. The van der Waals surface area contributed by atoms with Crippen LogP contribution in [0.2, 0.25) is 5.54 Å². The summed E-state index contributed by atoms with van der Waals surface area (Å²) in [6.45, 7) is 11.5. The maximum Gasteiger partial charge on any atom is 0.504 e. The fourth-order valence-electron chi connectivity index (χ4n) is 5.07. The second-order valence-corrected chi connectivity index (χ2v) is 29.4. The summed E-state index contributed by atoms with van der Waals surface area (Å²) in [6.07, 6.45) is 22.8. The van der Waals surface area contributed by atoms with E-state index in [-0.39, 0.29) is 5.54 Å². The molecule has 2 rings (SSSR count). The predicted octanol–water partition coefficient (Wildman–Crippen LogP) is 16.4. The third-order valence-corrected chi connectivity index (χ3v) is 28.1. The Morgan fingerprint density at radius 3 is 1.58 bits per heavy atom. The van der Waals surface area contributed by atoms with Gasteiger partial charge in [0.25, 0.3) is 0 Å². The molecule has 278 valence electrons. The molecule has 2 aromatic rings. The normalized spacial score (nSPS) is 12.8. The second-order valence-electron chi connectivity index (χ2n) is 12.1. The number of aromatic nitrogens is 1. The molecule has 0 aliphatic heterocycles. The van der Waals surface area contributed by atoms with Crippen molar-refractivity contribution in [2.75, 3.05) is 25.6 Å². The van der Waals surface area contributed by atoms with Crippen LogP contribution in [0.4, 0.5) is 0 Å². The first-order valence-electron chi connectivity index (χ1n) is 18.2. The van der Waals surface area contributed by atoms with Gasteiger partial charge in [-0.05, 0) is 101 Å². The zero-order valence-electron chi connectivity index (χ0n) is 29.8. The molecule has 0 spiro atoms. The van der Waals surface area contributed by atoms with Gasteiger partial charge in [0.05, 0.1) is 10.2 Å². The lowest BCUT2D eigenvalue weighted by Gasteiger charge is -2.34. The SMILES string of the molecule is CCCCCCCCO[Si](OCCCCCCCC)(OCCCCCCCC)C(C)CSSSSSSSSc1nc2ccccc2s1. The standard InChI is InChI=1S/C34H61NO3S9Si/c1-5-8-11-14-17-22-27-36-48(37-28-23-18-15-12-9-6-2,38-29-24-19-16-13-10-7-3)31(4)30-39-42-44-46-47-45-43-41-34-35-32-25-20-21-26-33(32)40-34/h20-21,25-26,31H,5-19,22-24,27-30H2,1-4H3. The molecule has 1 atom stereocenters. The minimum atomic E-state index is -2.83. The highest BCUT2D eigenvalue weighted by molar-refractivity contribution is 9.48. The van der Waals surface area contributed by atoms with Crippen molar-refractivity contribution in [3.63, 3.8) is 0 Å². The number of hydrogen-bond acceptors (Lipinski definition) is 13. The van der Waals surface area contributed by atoms with Crippen LogP contribution in [0.5, 0.6) is 0 Å². The van der Waals surface area contributed by atoms with E-state index in [2.05, 4.69) is 52.0 Å². The molecule has 1 unspecified atom stereocenters. The molecule has 0 radical (unpaired) electrons. The van der Waals surface area contributed by atoms with Gasteiger partial charge < -0.3 is 13.3 Å². The van der Waals surface area contributed by atoms with Gasteiger partial charge in [-0.3, -0.25) is 0 Å². The van der Waals surface area contributed by atoms with Crippen molar-refractivity contribution < 1.29 is 13.3 Å². The molecule has 0 fully saturated rings. The molecule has 4 nitrogen and oxygen atoms in total. The quantitative estimate of drug-likeness (QED) is 0.0377. The van der Waals surface area contributed by atoms with E-state index < -0.39 is 8.80 Å². The molecule has 0 bridgehead atoms. The van der Waals surface area contributed by atoms with Crippen LogP contribution in [0, 0.1) is 0 Å². The topological polar surface area (TPSA) is 40.6 Å². The number of para-hydroxylation sites is 1. The fraction of sp³-hybridized carbons (Fsp3) is 0.794. The number of rotatable bonds is 35. The molecule has 48 heavy (non-hydrogen) atoms. The first kappa shape index (κ1) is 46.2. The lowest BCUT2D eigenvalue weighted by atomic mass is 10.1. The molecular weight excluding hydrogens is 787 g/mol. The van der Waals surface area contributed by atoms with Gasteiger partial charge in [0.15, 0.2) is 4.34 Å². The Labute approximate surface area is 329 Å². The van der Waals surface area contributed by atoms with Gasteiger partial charge >= 0.3 is 8.80 Å². The molecule has 14 heteroatoms. The van der Waals surface area contributed by atoms with E-state index >= 15 is 0 Å². The van der Waals surface area contributed by atoms with Gasteiger partial charge in [-0.2, -0.15) is 0 Å². The van der Waals surface area contributed by atoms with Gasteiger partial charge in [-0.15, -0.1) is 11.3 Å². The number of hydrogen-bond donors (Lipinski definition) is 0. The van der Waals surface area contributed by atoms with Crippen LogP contribution in [-0.2, 0) is 13.3 Å². The summed E-state index contributed by atoms with van der Waals surface area (Å²) in [5, 5.41) is 0. The number of benzene rings is 1. The van der Waals surface area contributed by atoms with E-state index in [4.69, 9.17) is 18.3 Å². The summed E-state index contributed by atoms with van der Waals surface area (Å²) in [5.41, 5.74) is 1.36. The fourth-order valence-corrected chi connectivity index (χ4v) is 27.2. The monoisotopic (exact) mass is 847 g/mol. The van der Waals surface area contributed by atoms with Crippen molar-refractivity contribution in [3.8, 4) is 0 Å². The van der Waals surface area contributed by atoms with Crippen LogP contribution in [0.15, 0.2) is 28.6 Å². The van der Waals surface area contributed by atoms with Crippen LogP contribution in [0.3, 0.4) is 0 Å². The Balaban J connectivity index is 1.80. The van der Waals surface area contributed by atoms with E-state index in [1.54, 1.807) is 32.0 Å². The van der Waals surface area contributed by atoms with Gasteiger partial charge in [0.2, 0.25) is 0 Å². The summed E-state index contributed by atoms with van der Waals surface area (Å²) in [5.74, 6) is 0.980. The highest BCUT2D eigenvalue weighted by Crippen LogP contribution is 2.58. The largest absolute Gasteiger partial charge is 0.504 e. The van der Waals surface area contributed by atoms with Gasteiger partial charge in [0, 0.05) is 31.1 Å². The predicted molar refractivity (Wildman–Crippen MR) is 237 cm³/mol. The lowest BCUT2D eigenvalue weighted by Crippen LogP contribution is -2.51. The van der Waals surface area contributed by atoms with Crippen LogP contribution in [0.1, 0.15) is 143 Å². The van der Waals surface area contributed by atoms with Gasteiger partial charge in [-0.25, -0.2) is 4.98 Å². The van der Waals surface area contributed by atoms with Gasteiger partial charge in [-0.1, -0.05) is 147 Å². The average Bonchev–Trinajstić information content (AvgIpc) is 3.52. The van der Waals surface area contributed by atoms with E-state index in [9.17, 15) is 0 Å². The molecule has 0 N–H and O–H groups in total. The molecule has 0 aliphatic rings. The van der Waals surface area contributed by atoms with Crippen molar-refractivity contribution in [2.24, 2.45) is 0 Å². The number of unbranched alkanes of at least 4 members (excludes halogenated alkanes) is 15. The summed E-state index contributed by atoms with van der Waals surface area (Å²) in [4.78, 5) is 4.71. The van der Waals surface area contributed by atoms with Crippen molar-refractivity contribution in [1.29, 1.82) is 0 Å².